The number of alkyl halides is 3. The van der Waals surface area contributed by atoms with Crippen LogP contribution in [0.2, 0.25) is 0 Å². The Morgan fingerprint density at radius 3 is 2.56 bits per heavy atom. The van der Waals surface area contributed by atoms with Crippen molar-refractivity contribution >= 4 is 11.8 Å². The normalized spacial score (nSPS) is 13.1. The highest BCUT2D eigenvalue weighted by atomic mass is 19.4. The summed E-state index contributed by atoms with van der Waals surface area (Å²) in [5, 5.41) is 17.7. The van der Waals surface area contributed by atoms with Crippen LogP contribution >= 0.6 is 0 Å². The molecule has 18 heavy (non-hydrogen) atoms. The van der Waals surface area contributed by atoms with Crippen molar-refractivity contribution in [2.45, 2.75) is 32.0 Å². The van der Waals surface area contributed by atoms with Crippen LogP contribution < -0.4 is 5.32 Å². The summed E-state index contributed by atoms with van der Waals surface area (Å²) in [6.07, 6.45) is -4.19. The molecule has 1 atom stereocenters. The van der Waals surface area contributed by atoms with Crippen molar-refractivity contribution in [3.05, 3.63) is 17.8 Å². The van der Waals surface area contributed by atoms with E-state index in [0.29, 0.717) is 6.42 Å². The zero-order valence-electron chi connectivity index (χ0n) is 9.53. The van der Waals surface area contributed by atoms with Crippen LogP contribution in [0.3, 0.4) is 0 Å². The molecule has 5 nitrogen and oxygen atoms in total. The van der Waals surface area contributed by atoms with Crippen LogP contribution in [0.1, 0.15) is 25.5 Å². The first kappa shape index (κ1) is 14.2. The van der Waals surface area contributed by atoms with E-state index in [2.05, 4.69) is 15.5 Å². The summed E-state index contributed by atoms with van der Waals surface area (Å²) in [4.78, 5) is 10.3. The van der Waals surface area contributed by atoms with E-state index in [0.717, 1.165) is 12.1 Å². The second-order valence-electron chi connectivity index (χ2n) is 3.78. The van der Waals surface area contributed by atoms with E-state index in [9.17, 15) is 18.0 Å². The topological polar surface area (TPSA) is 75.1 Å². The van der Waals surface area contributed by atoms with E-state index in [1.807, 2.05) is 0 Å². The molecule has 1 heterocycles. The van der Waals surface area contributed by atoms with Crippen LogP contribution in [0.4, 0.5) is 19.0 Å². The molecule has 1 unspecified atom stereocenters. The maximum absolute atomic E-state index is 12.2. The summed E-state index contributed by atoms with van der Waals surface area (Å²) in [5.74, 6) is -0.747. The van der Waals surface area contributed by atoms with Crippen LogP contribution in [0.15, 0.2) is 12.1 Å². The Balaban J connectivity index is 2.56. The van der Waals surface area contributed by atoms with Gasteiger partial charge in [0.1, 0.15) is 5.82 Å². The van der Waals surface area contributed by atoms with E-state index in [1.54, 1.807) is 6.92 Å². The van der Waals surface area contributed by atoms with Crippen LogP contribution in [-0.4, -0.2) is 27.3 Å². The lowest BCUT2D eigenvalue weighted by Crippen LogP contribution is -2.18. The van der Waals surface area contributed by atoms with Gasteiger partial charge >= 0.3 is 12.1 Å². The predicted molar refractivity (Wildman–Crippen MR) is 57.0 cm³/mol. The second kappa shape index (κ2) is 5.65. The van der Waals surface area contributed by atoms with Gasteiger partial charge in [0.05, 0.1) is 0 Å². The number of aliphatic carboxylic acids is 1. The fraction of sp³-hybridized carbons (Fsp3) is 0.500. The number of nitrogens with one attached hydrogen (secondary N) is 1. The quantitative estimate of drug-likeness (QED) is 0.851. The number of hydrogen-bond acceptors (Lipinski definition) is 4. The molecule has 0 aliphatic carbocycles. The zero-order chi connectivity index (χ0) is 13.8. The summed E-state index contributed by atoms with van der Waals surface area (Å²) >= 11 is 0. The molecule has 0 radical (unpaired) electrons. The number of hydrogen-bond donors (Lipinski definition) is 2. The highest BCUT2D eigenvalue weighted by Crippen LogP contribution is 2.27. The van der Waals surface area contributed by atoms with Crippen molar-refractivity contribution in [2.75, 3.05) is 5.32 Å². The monoisotopic (exact) mass is 263 g/mol. The number of carboxylic acids is 1. The molecule has 100 valence electrons. The second-order valence-corrected chi connectivity index (χ2v) is 3.78. The molecule has 2 N–H and O–H groups in total. The Labute approximate surface area is 101 Å². The Kier molecular flexibility index (Phi) is 4.46. The molecule has 1 aromatic rings. The summed E-state index contributed by atoms with van der Waals surface area (Å²) < 4.78 is 36.6. The predicted octanol–water partition coefficient (Wildman–Crippen LogP) is 2.16. The molecule has 0 spiro atoms. The third-order valence-electron chi connectivity index (χ3n) is 2.14. The number of anilines is 1. The summed E-state index contributed by atoms with van der Waals surface area (Å²) in [6, 6.07) is 1.76. The molecule has 0 amide bonds. The molecule has 0 fully saturated rings. The molecule has 1 rings (SSSR count). The highest BCUT2D eigenvalue weighted by Gasteiger charge is 2.32. The third-order valence-corrected chi connectivity index (χ3v) is 2.14. The van der Waals surface area contributed by atoms with Crippen molar-refractivity contribution in [2.24, 2.45) is 0 Å². The van der Waals surface area contributed by atoms with Gasteiger partial charge in [-0.05, 0) is 25.5 Å². The van der Waals surface area contributed by atoms with Gasteiger partial charge in [0.2, 0.25) is 0 Å². The van der Waals surface area contributed by atoms with Crippen LogP contribution in [0.5, 0.6) is 0 Å². The molecule has 0 aromatic carbocycles. The maximum atomic E-state index is 12.2. The average Bonchev–Trinajstić information content (AvgIpc) is 2.26. The smallest absolute Gasteiger partial charge is 0.435 e. The van der Waals surface area contributed by atoms with Gasteiger partial charge in [-0.15, -0.1) is 10.2 Å². The molecule has 8 heteroatoms. The zero-order valence-corrected chi connectivity index (χ0v) is 9.53. The Morgan fingerprint density at radius 2 is 2.11 bits per heavy atom. The number of nitrogens with zero attached hydrogens (tertiary/aromatic N) is 2. The minimum Gasteiger partial charge on any atom is -0.481 e. The molecule has 1 aromatic heterocycles. The number of aromatic nitrogens is 2. The standard InChI is InChI=1S/C10H12F3N3O2/c1-6(2-5-9(17)18)14-8-4-3-7(15-16-8)10(11,12)13/h3-4,6H,2,5H2,1H3,(H,14,16)(H,17,18). The minimum atomic E-state index is -4.51. The van der Waals surface area contributed by atoms with Gasteiger partial charge in [-0.3, -0.25) is 4.79 Å². The van der Waals surface area contributed by atoms with Gasteiger partial charge < -0.3 is 10.4 Å². The lowest BCUT2D eigenvalue weighted by Gasteiger charge is -2.13. The van der Waals surface area contributed by atoms with Gasteiger partial charge in [-0.2, -0.15) is 13.2 Å². The van der Waals surface area contributed by atoms with Crippen molar-refractivity contribution < 1.29 is 23.1 Å². The number of halogens is 3. The van der Waals surface area contributed by atoms with Crippen LogP contribution in [0.25, 0.3) is 0 Å². The van der Waals surface area contributed by atoms with Crippen molar-refractivity contribution in [3.63, 3.8) is 0 Å². The molecular formula is C10H12F3N3O2. The summed E-state index contributed by atoms with van der Waals surface area (Å²) in [5.41, 5.74) is -1.06. The van der Waals surface area contributed by atoms with Crippen LogP contribution in [-0.2, 0) is 11.0 Å². The molecule has 0 saturated heterocycles. The van der Waals surface area contributed by atoms with Gasteiger partial charge in [-0.25, -0.2) is 0 Å². The van der Waals surface area contributed by atoms with Gasteiger partial charge in [0, 0.05) is 12.5 Å². The van der Waals surface area contributed by atoms with E-state index in [4.69, 9.17) is 5.11 Å². The molecule has 0 aliphatic rings. The first-order valence-electron chi connectivity index (χ1n) is 5.18. The number of carbonyl (C=O) groups is 1. The van der Waals surface area contributed by atoms with Crippen molar-refractivity contribution in [1.29, 1.82) is 0 Å². The minimum absolute atomic E-state index is 0.0256. The number of rotatable bonds is 5. The lowest BCUT2D eigenvalue weighted by molar-refractivity contribution is -0.141. The SMILES string of the molecule is CC(CCC(=O)O)Nc1ccc(C(F)(F)F)nn1. The van der Waals surface area contributed by atoms with Crippen molar-refractivity contribution in [3.8, 4) is 0 Å². The van der Waals surface area contributed by atoms with Gasteiger partial charge in [0.25, 0.3) is 0 Å². The Bertz CT molecular complexity index is 406. The first-order chi connectivity index (χ1) is 8.29. The molecule has 0 bridgehead atoms. The van der Waals surface area contributed by atoms with Crippen LogP contribution in [0, 0.1) is 0 Å². The molecule has 0 aliphatic heterocycles. The van der Waals surface area contributed by atoms with Crippen molar-refractivity contribution in [1.82, 2.24) is 10.2 Å². The Morgan fingerprint density at radius 1 is 1.44 bits per heavy atom. The van der Waals surface area contributed by atoms with Gasteiger partial charge in [0.15, 0.2) is 5.69 Å². The fourth-order valence-electron chi connectivity index (χ4n) is 1.23. The lowest BCUT2D eigenvalue weighted by atomic mass is 10.2. The van der Waals surface area contributed by atoms with E-state index in [-0.39, 0.29) is 18.3 Å². The summed E-state index contributed by atoms with van der Waals surface area (Å²) in [7, 11) is 0. The Hall–Kier alpha value is -1.86. The van der Waals surface area contributed by atoms with E-state index in [1.165, 1.54) is 0 Å². The summed E-state index contributed by atoms with van der Waals surface area (Å²) in [6.45, 7) is 1.71. The molecule has 0 saturated carbocycles. The third kappa shape index (κ3) is 4.56. The highest BCUT2D eigenvalue weighted by molar-refractivity contribution is 5.66. The van der Waals surface area contributed by atoms with E-state index >= 15 is 0 Å². The van der Waals surface area contributed by atoms with E-state index < -0.39 is 17.8 Å². The largest absolute Gasteiger partial charge is 0.481 e. The van der Waals surface area contributed by atoms with Gasteiger partial charge in [-0.1, -0.05) is 0 Å². The average molecular weight is 263 g/mol. The maximum Gasteiger partial charge on any atom is 0.435 e. The number of carboxylic acid groups (broad SMARTS) is 1. The first-order valence-corrected chi connectivity index (χ1v) is 5.18. The fourth-order valence-corrected chi connectivity index (χ4v) is 1.23. The molecular weight excluding hydrogens is 251 g/mol.